The van der Waals surface area contributed by atoms with Crippen molar-refractivity contribution in [2.24, 2.45) is 24.9 Å². The van der Waals surface area contributed by atoms with E-state index in [2.05, 4.69) is 80.7 Å². The Kier molecular flexibility index (Phi) is 12.7. The van der Waals surface area contributed by atoms with Gasteiger partial charge in [-0.15, -0.1) is 0 Å². The van der Waals surface area contributed by atoms with E-state index in [1.165, 1.54) is 47.9 Å². The minimum absolute atomic E-state index is 0.0123. The average Bonchev–Trinajstić information content (AvgIpc) is 4.13. The van der Waals surface area contributed by atoms with E-state index in [1.807, 2.05) is 75.7 Å². The molecule has 0 radical (unpaired) electrons. The Morgan fingerprint density at radius 1 is 0.633 bits per heavy atom. The number of aromatic nitrogens is 6. The van der Waals surface area contributed by atoms with Gasteiger partial charge in [0.15, 0.2) is 0 Å². The molecule has 60 heavy (non-hydrogen) atoms. The van der Waals surface area contributed by atoms with Gasteiger partial charge in [-0.1, -0.05) is 12.1 Å². The highest BCUT2D eigenvalue weighted by atomic mass is 16.5. The molecule has 6 heterocycles. The summed E-state index contributed by atoms with van der Waals surface area (Å²) >= 11 is 0. The summed E-state index contributed by atoms with van der Waals surface area (Å²) in [5, 5.41) is 15.4. The Morgan fingerprint density at radius 3 is 1.35 bits per heavy atom. The van der Waals surface area contributed by atoms with Crippen LogP contribution in [-0.2, 0) is 23.7 Å². The quantitative estimate of drug-likeness (QED) is 0.173. The molecule has 4 atom stereocenters. The van der Waals surface area contributed by atoms with Gasteiger partial charge in [-0.2, -0.15) is 10.2 Å². The van der Waals surface area contributed by atoms with E-state index < -0.39 is 10.8 Å². The fourth-order valence-electron chi connectivity index (χ4n) is 8.50. The van der Waals surface area contributed by atoms with Crippen LogP contribution in [0.1, 0.15) is 111 Å². The molecule has 0 unspecified atom stereocenters. The molecule has 4 aromatic heterocycles. The number of carbonyl (C=O) groups excluding carboxylic acids is 2. The van der Waals surface area contributed by atoms with Gasteiger partial charge in [0.05, 0.1) is 23.2 Å². The van der Waals surface area contributed by atoms with Crippen molar-refractivity contribution in [2.45, 2.75) is 103 Å². The number of hydrogen-bond donors (Lipinski definition) is 2. The second-order valence-electron chi connectivity index (χ2n) is 19.1. The molecule has 4 aliphatic rings. The SMILES string of the molecule is Cc1c([C@@H]2CN(C)C[C@H]2NC(=O)C(C)(C)COc2ncccc2C2CC2)cnn1C.Cc1c([C@H]2CN(C)C[C@@H]2NC(=O)C(C)(C)COc2ncccc2C2CC2)cnn1C. The van der Waals surface area contributed by atoms with Gasteiger partial charge in [-0.25, -0.2) is 9.97 Å². The standard InChI is InChI=1S/2C23H33N5O2/c2*1-15-18(11-25-28(15)5)19-12-27(4)13-20(19)26-22(29)23(2,3)14-30-21-17(16-8-9-16)7-6-10-24-21/h2*6-7,10-11,16,19-20H,8-9,12-14H2,1-5H3,(H,26,29)/t2*19-,20+/m10/s1. The molecule has 4 aromatic rings. The van der Waals surface area contributed by atoms with Crippen molar-refractivity contribution in [3.05, 3.63) is 82.7 Å². The molecule has 2 aliphatic heterocycles. The van der Waals surface area contributed by atoms with Crippen LogP contribution in [0.2, 0.25) is 0 Å². The first-order valence-electron chi connectivity index (χ1n) is 21.6. The Morgan fingerprint density at radius 2 is 1.02 bits per heavy atom. The minimum Gasteiger partial charge on any atom is -0.476 e. The van der Waals surface area contributed by atoms with Gasteiger partial charge in [-0.3, -0.25) is 19.0 Å². The molecular weight excluding hydrogens is 757 g/mol. The number of hydrogen-bond acceptors (Lipinski definition) is 10. The fraction of sp³-hybridized carbons (Fsp3) is 0.609. The number of amides is 2. The molecule has 0 spiro atoms. The van der Waals surface area contributed by atoms with Gasteiger partial charge in [0.25, 0.3) is 0 Å². The van der Waals surface area contributed by atoms with Gasteiger partial charge in [-0.05, 0) is 116 Å². The van der Waals surface area contributed by atoms with Crippen molar-refractivity contribution < 1.29 is 19.1 Å². The number of pyridine rings is 2. The van der Waals surface area contributed by atoms with Crippen LogP contribution in [0.15, 0.2) is 49.1 Å². The van der Waals surface area contributed by atoms with Crippen LogP contribution in [0, 0.1) is 24.7 Å². The van der Waals surface area contributed by atoms with Gasteiger partial charge in [0, 0.05) is 99.1 Å². The van der Waals surface area contributed by atoms with Crippen LogP contribution >= 0.6 is 0 Å². The molecule has 4 fully saturated rings. The third-order valence-corrected chi connectivity index (χ3v) is 13.0. The Labute approximate surface area is 355 Å². The summed E-state index contributed by atoms with van der Waals surface area (Å²) in [6, 6.07) is 8.19. The summed E-state index contributed by atoms with van der Waals surface area (Å²) < 4.78 is 15.9. The summed E-state index contributed by atoms with van der Waals surface area (Å²) in [6.45, 7) is 16.0. The average molecular weight is 823 g/mol. The zero-order valence-corrected chi connectivity index (χ0v) is 37.4. The first-order valence-corrected chi connectivity index (χ1v) is 21.6. The molecular formula is C46H66N10O4. The van der Waals surface area contributed by atoms with Crippen molar-refractivity contribution >= 4 is 11.8 Å². The van der Waals surface area contributed by atoms with E-state index in [-0.39, 0.29) is 35.7 Å². The maximum Gasteiger partial charge on any atom is 0.229 e. The van der Waals surface area contributed by atoms with E-state index in [1.54, 1.807) is 12.4 Å². The Hall–Kier alpha value is -4.82. The zero-order chi connectivity index (χ0) is 42.9. The first kappa shape index (κ1) is 43.3. The predicted molar refractivity (Wildman–Crippen MR) is 231 cm³/mol. The lowest BCUT2D eigenvalue weighted by atomic mass is 9.90. The number of nitrogens with one attached hydrogen (secondary N) is 2. The molecule has 324 valence electrons. The maximum absolute atomic E-state index is 13.2. The predicted octanol–water partition coefficient (Wildman–Crippen LogP) is 5.24. The van der Waals surface area contributed by atoms with Crippen molar-refractivity contribution in [1.82, 2.24) is 50.0 Å². The van der Waals surface area contributed by atoms with E-state index in [0.717, 1.165) is 37.6 Å². The second kappa shape index (κ2) is 17.6. The van der Waals surface area contributed by atoms with Crippen molar-refractivity contribution in [2.75, 3.05) is 53.5 Å². The third kappa shape index (κ3) is 9.86. The number of likely N-dealkylation sites (tertiary alicyclic amines) is 2. The summed E-state index contributed by atoms with van der Waals surface area (Å²) in [6.07, 6.45) is 12.1. The maximum atomic E-state index is 13.2. The smallest absolute Gasteiger partial charge is 0.229 e. The fourth-order valence-corrected chi connectivity index (χ4v) is 8.50. The van der Waals surface area contributed by atoms with Crippen molar-refractivity contribution in [1.29, 1.82) is 0 Å². The molecule has 2 amide bonds. The van der Waals surface area contributed by atoms with Crippen molar-refractivity contribution in [3.8, 4) is 11.8 Å². The van der Waals surface area contributed by atoms with E-state index in [9.17, 15) is 9.59 Å². The number of rotatable bonds is 14. The van der Waals surface area contributed by atoms with Gasteiger partial charge in [0.2, 0.25) is 23.6 Å². The van der Waals surface area contributed by atoms with E-state index in [0.29, 0.717) is 36.8 Å². The topological polar surface area (TPSA) is 145 Å². The normalized spacial score (nSPS) is 22.3. The molecule has 14 nitrogen and oxygen atoms in total. The molecule has 14 heteroatoms. The molecule has 2 aliphatic carbocycles. The molecule has 8 rings (SSSR count). The van der Waals surface area contributed by atoms with Crippen LogP contribution in [0.4, 0.5) is 0 Å². The monoisotopic (exact) mass is 823 g/mol. The van der Waals surface area contributed by atoms with Gasteiger partial charge in [0.1, 0.15) is 13.2 Å². The van der Waals surface area contributed by atoms with E-state index in [4.69, 9.17) is 9.47 Å². The zero-order valence-electron chi connectivity index (χ0n) is 37.4. The highest BCUT2D eigenvalue weighted by Crippen LogP contribution is 2.44. The molecule has 0 bridgehead atoms. The van der Waals surface area contributed by atoms with Crippen LogP contribution in [0.5, 0.6) is 11.8 Å². The lowest BCUT2D eigenvalue weighted by Gasteiger charge is -2.28. The lowest BCUT2D eigenvalue weighted by Crippen LogP contribution is -2.48. The van der Waals surface area contributed by atoms with Crippen molar-refractivity contribution in [3.63, 3.8) is 0 Å². The minimum atomic E-state index is -0.659. The Balaban J connectivity index is 0.000000181. The number of carbonyl (C=O) groups is 2. The van der Waals surface area contributed by atoms with Crippen LogP contribution in [0.3, 0.4) is 0 Å². The molecule has 2 saturated carbocycles. The number of aryl methyl sites for hydroxylation is 2. The van der Waals surface area contributed by atoms with Crippen LogP contribution in [0.25, 0.3) is 0 Å². The van der Waals surface area contributed by atoms with Crippen LogP contribution in [-0.4, -0.2) is 117 Å². The highest BCUT2D eigenvalue weighted by Gasteiger charge is 2.40. The lowest BCUT2D eigenvalue weighted by molar-refractivity contribution is -0.132. The second-order valence-corrected chi connectivity index (χ2v) is 19.1. The Bertz CT molecular complexity index is 1990. The van der Waals surface area contributed by atoms with Crippen LogP contribution < -0.4 is 20.1 Å². The summed E-state index contributed by atoms with van der Waals surface area (Å²) in [5.74, 6) is 2.96. The summed E-state index contributed by atoms with van der Waals surface area (Å²) in [5.41, 5.74) is 5.74. The van der Waals surface area contributed by atoms with E-state index >= 15 is 0 Å². The first-order chi connectivity index (χ1) is 28.5. The summed E-state index contributed by atoms with van der Waals surface area (Å²) in [7, 11) is 8.11. The highest BCUT2D eigenvalue weighted by molar-refractivity contribution is 5.83. The largest absolute Gasteiger partial charge is 0.476 e. The molecule has 2 N–H and O–H groups in total. The van der Waals surface area contributed by atoms with Gasteiger partial charge >= 0.3 is 0 Å². The number of ether oxygens (including phenoxy) is 2. The number of likely N-dealkylation sites (N-methyl/N-ethyl adjacent to an activating group) is 2. The number of nitrogens with zero attached hydrogens (tertiary/aromatic N) is 8. The molecule has 0 aromatic carbocycles. The molecule has 2 saturated heterocycles. The summed E-state index contributed by atoms with van der Waals surface area (Å²) in [4.78, 5) is 39.7. The van der Waals surface area contributed by atoms with Gasteiger partial charge < -0.3 is 29.9 Å². The third-order valence-electron chi connectivity index (χ3n) is 13.0.